The van der Waals surface area contributed by atoms with Gasteiger partial charge >= 0.3 is 0 Å². The summed E-state index contributed by atoms with van der Waals surface area (Å²) in [7, 11) is 1.89. The maximum atomic E-state index is 12.0. The van der Waals surface area contributed by atoms with E-state index in [9.17, 15) is 4.79 Å². The lowest BCUT2D eigenvalue weighted by Gasteiger charge is -2.21. The van der Waals surface area contributed by atoms with Crippen LogP contribution in [0.5, 0.6) is 0 Å². The largest absolute Gasteiger partial charge is 0.344 e. The second kappa shape index (κ2) is 7.39. The molecule has 0 aromatic heterocycles. The average Bonchev–Trinajstić information content (AvgIpc) is 2.90. The molecule has 1 heterocycles. The molecule has 1 atom stereocenters. The third-order valence-electron chi connectivity index (χ3n) is 3.31. The van der Waals surface area contributed by atoms with Gasteiger partial charge in [0.2, 0.25) is 5.91 Å². The SMILES string of the molecule is CN(CCc1ccccc1)C(=O)C1CCCN1.Cl. The standard InChI is InChI=1S/C14H20N2O.ClH/c1-16(14(17)13-8-5-10-15-13)11-9-12-6-3-2-4-7-12;/h2-4,6-7,13,15H,5,8-11H2,1H3;1H. The van der Waals surface area contributed by atoms with E-state index in [-0.39, 0.29) is 24.4 Å². The molecule has 1 unspecified atom stereocenters. The van der Waals surface area contributed by atoms with E-state index in [2.05, 4.69) is 17.4 Å². The molecule has 0 radical (unpaired) electrons. The van der Waals surface area contributed by atoms with Crippen LogP contribution in [-0.4, -0.2) is 37.0 Å². The molecule has 1 aliphatic heterocycles. The first kappa shape index (κ1) is 15.0. The number of benzene rings is 1. The normalized spacial score (nSPS) is 18.2. The Bertz CT molecular complexity index is 363. The van der Waals surface area contributed by atoms with E-state index in [1.54, 1.807) is 0 Å². The van der Waals surface area contributed by atoms with Crippen molar-refractivity contribution in [2.75, 3.05) is 20.1 Å². The summed E-state index contributed by atoms with van der Waals surface area (Å²) in [4.78, 5) is 13.9. The van der Waals surface area contributed by atoms with Gasteiger partial charge < -0.3 is 10.2 Å². The van der Waals surface area contributed by atoms with Gasteiger partial charge in [0, 0.05) is 13.6 Å². The Morgan fingerprint density at radius 1 is 1.39 bits per heavy atom. The van der Waals surface area contributed by atoms with Crippen molar-refractivity contribution >= 4 is 18.3 Å². The molecule has 0 saturated carbocycles. The van der Waals surface area contributed by atoms with Crippen LogP contribution in [0.1, 0.15) is 18.4 Å². The van der Waals surface area contributed by atoms with E-state index in [1.165, 1.54) is 5.56 Å². The van der Waals surface area contributed by atoms with Crippen molar-refractivity contribution in [2.45, 2.75) is 25.3 Å². The number of hydrogen-bond donors (Lipinski definition) is 1. The maximum Gasteiger partial charge on any atom is 0.239 e. The highest BCUT2D eigenvalue weighted by Crippen LogP contribution is 2.08. The number of rotatable bonds is 4. The zero-order valence-corrected chi connectivity index (χ0v) is 11.6. The van der Waals surface area contributed by atoms with Gasteiger partial charge in [-0.05, 0) is 31.4 Å². The fourth-order valence-electron chi connectivity index (χ4n) is 2.21. The summed E-state index contributed by atoms with van der Waals surface area (Å²) < 4.78 is 0. The average molecular weight is 269 g/mol. The summed E-state index contributed by atoms with van der Waals surface area (Å²) >= 11 is 0. The Kier molecular flexibility index (Phi) is 6.16. The lowest BCUT2D eigenvalue weighted by atomic mass is 10.1. The summed E-state index contributed by atoms with van der Waals surface area (Å²) in [5, 5.41) is 3.24. The molecule has 3 nitrogen and oxygen atoms in total. The van der Waals surface area contributed by atoms with E-state index >= 15 is 0 Å². The lowest BCUT2D eigenvalue weighted by Crippen LogP contribution is -2.42. The summed E-state index contributed by atoms with van der Waals surface area (Å²) in [6.07, 6.45) is 3.02. The molecule has 1 fully saturated rings. The fourth-order valence-corrected chi connectivity index (χ4v) is 2.21. The number of nitrogens with zero attached hydrogens (tertiary/aromatic N) is 1. The van der Waals surface area contributed by atoms with Crippen molar-refractivity contribution in [3.63, 3.8) is 0 Å². The smallest absolute Gasteiger partial charge is 0.239 e. The topological polar surface area (TPSA) is 32.3 Å². The predicted octanol–water partition coefficient (Wildman–Crippen LogP) is 1.86. The minimum Gasteiger partial charge on any atom is -0.344 e. The van der Waals surface area contributed by atoms with Crippen LogP contribution in [-0.2, 0) is 11.2 Å². The van der Waals surface area contributed by atoms with Crippen LogP contribution in [0.2, 0.25) is 0 Å². The molecule has 100 valence electrons. The second-order valence-corrected chi connectivity index (χ2v) is 4.64. The maximum absolute atomic E-state index is 12.0. The second-order valence-electron chi connectivity index (χ2n) is 4.64. The van der Waals surface area contributed by atoms with Crippen molar-refractivity contribution in [3.05, 3.63) is 35.9 Å². The third kappa shape index (κ3) is 4.00. The minimum atomic E-state index is 0. The summed E-state index contributed by atoms with van der Waals surface area (Å²) in [6.45, 7) is 1.77. The number of amides is 1. The van der Waals surface area contributed by atoms with Crippen LogP contribution in [0.4, 0.5) is 0 Å². The lowest BCUT2D eigenvalue weighted by molar-refractivity contribution is -0.131. The molecular weight excluding hydrogens is 248 g/mol. The molecule has 1 aliphatic rings. The summed E-state index contributed by atoms with van der Waals surface area (Å²) in [5.74, 6) is 0.235. The van der Waals surface area contributed by atoms with E-state index < -0.39 is 0 Å². The first-order valence-corrected chi connectivity index (χ1v) is 6.29. The molecule has 1 aromatic rings. The van der Waals surface area contributed by atoms with Crippen LogP contribution < -0.4 is 5.32 Å². The number of nitrogens with one attached hydrogen (secondary N) is 1. The summed E-state index contributed by atoms with van der Waals surface area (Å²) in [6, 6.07) is 10.3. The number of halogens is 1. The van der Waals surface area contributed by atoms with Gasteiger partial charge in [-0.25, -0.2) is 0 Å². The molecule has 18 heavy (non-hydrogen) atoms. The van der Waals surface area contributed by atoms with Gasteiger partial charge in [-0.3, -0.25) is 4.79 Å². The van der Waals surface area contributed by atoms with E-state index in [0.29, 0.717) is 0 Å². The van der Waals surface area contributed by atoms with E-state index in [0.717, 1.165) is 32.4 Å². The fraction of sp³-hybridized carbons (Fsp3) is 0.500. The highest BCUT2D eigenvalue weighted by atomic mass is 35.5. The Balaban J connectivity index is 0.00000162. The van der Waals surface area contributed by atoms with Crippen LogP contribution in [0, 0.1) is 0 Å². The van der Waals surface area contributed by atoms with Gasteiger partial charge in [-0.1, -0.05) is 30.3 Å². The Hall–Kier alpha value is -1.06. The van der Waals surface area contributed by atoms with Crippen molar-refractivity contribution in [1.29, 1.82) is 0 Å². The highest BCUT2D eigenvalue weighted by Gasteiger charge is 2.24. The number of likely N-dealkylation sites (N-methyl/N-ethyl adjacent to an activating group) is 1. The number of hydrogen-bond acceptors (Lipinski definition) is 2. The molecule has 0 aliphatic carbocycles. The number of carbonyl (C=O) groups is 1. The van der Waals surface area contributed by atoms with E-state index in [4.69, 9.17) is 0 Å². The van der Waals surface area contributed by atoms with E-state index in [1.807, 2.05) is 30.1 Å². The molecule has 1 aromatic carbocycles. The van der Waals surface area contributed by atoms with Crippen molar-refractivity contribution in [2.24, 2.45) is 0 Å². The zero-order valence-electron chi connectivity index (χ0n) is 10.8. The van der Waals surface area contributed by atoms with Crippen LogP contribution in [0.15, 0.2) is 30.3 Å². The van der Waals surface area contributed by atoms with Crippen molar-refractivity contribution < 1.29 is 4.79 Å². The molecule has 1 saturated heterocycles. The minimum absolute atomic E-state index is 0. The first-order chi connectivity index (χ1) is 8.27. The first-order valence-electron chi connectivity index (χ1n) is 6.29. The molecule has 0 bridgehead atoms. The molecule has 4 heteroatoms. The van der Waals surface area contributed by atoms with Gasteiger partial charge in [0.1, 0.15) is 0 Å². The van der Waals surface area contributed by atoms with Crippen LogP contribution in [0.3, 0.4) is 0 Å². The molecule has 1 amide bonds. The Morgan fingerprint density at radius 2 is 2.11 bits per heavy atom. The van der Waals surface area contributed by atoms with Crippen molar-refractivity contribution in [1.82, 2.24) is 10.2 Å². The Labute approximate surface area is 115 Å². The zero-order chi connectivity index (χ0) is 12.1. The van der Waals surface area contributed by atoms with Gasteiger partial charge in [0.25, 0.3) is 0 Å². The molecular formula is C14H21ClN2O. The predicted molar refractivity (Wildman–Crippen MR) is 76.1 cm³/mol. The quantitative estimate of drug-likeness (QED) is 0.904. The third-order valence-corrected chi connectivity index (χ3v) is 3.31. The van der Waals surface area contributed by atoms with Gasteiger partial charge in [-0.2, -0.15) is 0 Å². The van der Waals surface area contributed by atoms with Crippen LogP contribution >= 0.6 is 12.4 Å². The Morgan fingerprint density at radius 3 is 2.72 bits per heavy atom. The van der Waals surface area contributed by atoms with Gasteiger partial charge in [0.05, 0.1) is 6.04 Å². The molecule has 0 spiro atoms. The monoisotopic (exact) mass is 268 g/mol. The van der Waals surface area contributed by atoms with Crippen molar-refractivity contribution in [3.8, 4) is 0 Å². The van der Waals surface area contributed by atoms with Gasteiger partial charge in [0.15, 0.2) is 0 Å². The van der Waals surface area contributed by atoms with Gasteiger partial charge in [-0.15, -0.1) is 12.4 Å². The number of carbonyl (C=O) groups excluding carboxylic acids is 1. The van der Waals surface area contributed by atoms with Crippen LogP contribution in [0.25, 0.3) is 0 Å². The highest BCUT2D eigenvalue weighted by molar-refractivity contribution is 5.85. The molecule has 1 N–H and O–H groups in total. The molecule has 2 rings (SSSR count). The summed E-state index contributed by atoms with van der Waals surface area (Å²) in [5.41, 5.74) is 1.28.